The van der Waals surface area contributed by atoms with Gasteiger partial charge in [0.2, 0.25) is 0 Å². The smallest absolute Gasteiger partial charge is 0.251 e. The molecule has 0 saturated carbocycles. The Balaban J connectivity index is 2.07. The molecule has 2 nitrogen and oxygen atoms in total. The third-order valence-electron chi connectivity index (χ3n) is 2.52. The van der Waals surface area contributed by atoms with Crippen LogP contribution in [-0.4, -0.2) is 5.91 Å². The molecule has 2 rings (SSSR count). The van der Waals surface area contributed by atoms with Crippen LogP contribution in [0, 0.1) is 0 Å². The molecule has 2 aromatic rings. The minimum Gasteiger partial charge on any atom is -0.348 e. The van der Waals surface area contributed by atoms with E-state index in [1.54, 1.807) is 30.3 Å². The quantitative estimate of drug-likeness (QED) is 0.907. The average Bonchev–Trinajstić information content (AvgIpc) is 2.39. The largest absolute Gasteiger partial charge is 0.348 e. The monoisotopic (exact) mass is 279 g/mol. The van der Waals surface area contributed by atoms with E-state index in [2.05, 4.69) is 5.32 Å². The van der Waals surface area contributed by atoms with Crippen LogP contribution in [0.3, 0.4) is 0 Å². The molecule has 0 spiro atoms. The molecule has 2 aromatic carbocycles. The number of carbonyl (C=O) groups excluding carboxylic acids is 1. The van der Waals surface area contributed by atoms with Crippen LogP contribution in [0.4, 0.5) is 0 Å². The molecule has 0 radical (unpaired) electrons. The van der Waals surface area contributed by atoms with E-state index in [0.717, 1.165) is 5.56 Å². The molecular formula is C14H11Cl2NO. The molecule has 0 unspecified atom stereocenters. The van der Waals surface area contributed by atoms with Gasteiger partial charge >= 0.3 is 0 Å². The Kier molecular flexibility index (Phi) is 4.24. The highest BCUT2D eigenvalue weighted by Gasteiger charge is 2.08. The van der Waals surface area contributed by atoms with Crippen LogP contribution in [-0.2, 0) is 6.54 Å². The fraction of sp³-hybridized carbons (Fsp3) is 0.0714. The fourth-order valence-corrected chi connectivity index (χ4v) is 2.09. The third-order valence-corrected chi connectivity index (χ3v) is 3.23. The first-order chi connectivity index (χ1) is 8.68. The SMILES string of the molecule is O=C(NCc1c(Cl)cccc1Cl)c1ccccc1. The molecule has 0 aromatic heterocycles. The third kappa shape index (κ3) is 3.03. The lowest BCUT2D eigenvalue weighted by molar-refractivity contribution is 0.0951. The molecule has 0 aliphatic carbocycles. The Labute approximate surface area is 116 Å². The van der Waals surface area contributed by atoms with E-state index in [-0.39, 0.29) is 5.91 Å². The van der Waals surface area contributed by atoms with E-state index >= 15 is 0 Å². The van der Waals surface area contributed by atoms with Gasteiger partial charge in [-0.05, 0) is 24.3 Å². The van der Waals surface area contributed by atoms with E-state index in [1.165, 1.54) is 0 Å². The maximum atomic E-state index is 11.8. The van der Waals surface area contributed by atoms with Gasteiger partial charge in [-0.1, -0.05) is 47.5 Å². The summed E-state index contributed by atoms with van der Waals surface area (Å²) < 4.78 is 0. The van der Waals surface area contributed by atoms with Crippen LogP contribution in [0.15, 0.2) is 48.5 Å². The summed E-state index contributed by atoms with van der Waals surface area (Å²) in [5, 5.41) is 3.89. The van der Waals surface area contributed by atoms with Gasteiger partial charge in [-0.2, -0.15) is 0 Å². The lowest BCUT2D eigenvalue weighted by Crippen LogP contribution is -2.23. The molecule has 4 heteroatoms. The van der Waals surface area contributed by atoms with Gasteiger partial charge in [-0.3, -0.25) is 4.79 Å². The standard InChI is InChI=1S/C14H11Cl2NO/c15-12-7-4-8-13(16)11(12)9-17-14(18)10-5-2-1-3-6-10/h1-8H,9H2,(H,17,18). The maximum Gasteiger partial charge on any atom is 0.251 e. The predicted octanol–water partition coefficient (Wildman–Crippen LogP) is 3.92. The van der Waals surface area contributed by atoms with Crippen LogP contribution in [0.2, 0.25) is 10.0 Å². The molecule has 92 valence electrons. The number of rotatable bonds is 3. The van der Waals surface area contributed by atoms with Gasteiger partial charge < -0.3 is 5.32 Å². The minimum absolute atomic E-state index is 0.147. The number of carbonyl (C=O) groups is 1. The topological polar surface area (TPSA) is 29.1 Å². The normalized spacial score (nSPS) is 10.1. The van der Waals surface area contributed by atoms with Crippen LogP contribution < -0.4 is 5.32 Å². The second kappa shape index (κ2) is 5.89. The molecule has 0 heterocycles. The predicted molar refractivity (Wildman–Crippen MR) is 74.1 cm³/mol. The number of hydrogen-bond donors (Lipinski definition) is 1. The van der Waals surface area contributed by atoms with Crippen molar-refractivity contribution < 1.29 is 4.79 Å². The highest BCUT2D eigenvalue weighted by atomic mass is 35.5. The number of benzene rings is 2. The number of nitrogens with one attached hydrogen (secondary N) is 1. The zero-order valence-electron chi connectivity index (χ0n) is 9.49. The van der Waals surface area contributed by atoms with Crippen LogP contribution in [0.25, 0.3) is 0 Å². The maximum absolute atomic E-state index is 11.8. The van der Waals surface area contributed by atoms with E-state index < -0.39 is 0 Å². The summed E-state index contributed by atoms with van der Waals surface area (Å²) in [4.78, 5) is 11.8. The first kappa shape index (κ1) is 12.9. The Morgan fingerprint density at radius 3 is 2.17 bits per heavy atom. The van der Waals surface area contributed by atoms with Crippen molar-refractivity contribution in [2.24, 2.45) is 0 Å². The van der Waals surface area contributed by atoms with E-state index in [1.807, 2.05) is 18.2 Å². The highest BCUT2D eigenvalue weighted by Crippen LogP contribution is 2.23. The lowest BCUT2D eigenvalue weighted by Gasteiger charge is -2.08. The summed E-state index contributed by atoms with van der Waals surface area (Å²) in [6.45, 7) is 0.312. The summed E-state index contributed by atoms with van der Waals surface area (Å²) >= 11 is 12.0. The highest BCUT2D eigenvalue weighted by molar-refractivity contribution is 6.36. The Hall–Kier alpha value is -1.51. The van der Waals surface area contributed by atoms with Crippen LogP contribution in [0.1, 0.15) is 15.9 Å². The molecule has 0 aliphatic rings. The molecule has 18 heavy (non-hydrogen) atoms. The summed E-state index contributed by atoms with van der Waals surface area (Å²) in [6.07, 6.45) is 0. The fourth-order valence-electron chi connectivity index (χ4n) is 1.56. The Morgan fingerprint density at radius 1 is 0.944 bits per heavy atom. The van der Waals surface area contributed by atoms with E-state index in [0.29, 0.717) is 22.2 Å². The number of hydrogen-bond acceptors (Lipinski definition) is 1. The summed E-state index contributed by atoms with van der Waals surface area (Å²) in [7, 11) is 0. The minimum atomic E-state index is -0.147. The molecule has 0 bridgehead atoms. The second-order valence-electron chi connectivity index (χ2n) is 3.75. The Bertz CT molecular complexity index is 535. The molecule has 0 fully saturated rings. The van der Waals surface area contributed by atoms with Gasteiger partial charge in [-0.15, -0.1) is 0 Å². The van der Waals surface area contributed by atoms with Crippen molar-refractivity contribution in [2.75, 3.05) is 0 Å². The molecule has 1 amide bonds. The Morgan fingerprint density at radius 2 is 1.56 bits per heavy atom. The van der Waals surface area contributed by atoms with Crippen LogP contribution >= 0.6 is 23.2 Å². The van der Waals surface area contributed by atoms with Crippen molar-refractivity contribution in [3.63, 3.8) is 0 Å². The van der Waals surface area contributed by atoms with Gasteiger partial charge in [0.25, 0.3) is 5.91 Å². The zero-order chi connectivity index (χ0) is 13.0. The molecule has 0 aliphatic heterocycles. The lowest BCUT2D eigenvalue weighted by atomic mass is 10.2. The molecule has 0 saturated heterocycles. The van der Waals surface area contributed by atoms with Crippen molar-refractivity contribution in [1.82, 2.24) is 5.32 Å². The number of halogens is 2. The van der Waals surface area contributed by atoms with Gasteiger partial charge in [-0.25, -0.2) is 0 Å². The van der Waals surface area contributed by atoms with Gasteiger partial charge in [0.15, 0.2) is 0 Å². The first-order valence-corrected chi connectivity index (χ1v) is 6.20. The van der Waals surface area contributed by atoms with Gasteiger partial charge in [0.05, 0.1) is 0 Å². The van der Waals surface area contributed by atoms with Crippen LogP contribution in [0.5, 0.6) is 0 Å². The van der Waals surface area contributed by atoms with Crippen molar-refractivity contribution in [3.05, 3.63) is 69.7 Å². The molecular weight excluding hydrogens is 269 g/mol. The molecule has 0 atom stereocenters. The summed E-state index contributed by atoms with van der Waals surface area (Å²) in [6, 6.07) is 14.3. The summed E-state index contributed by atoms with van der Waals surface area (Å²) in [5.41, 5.74) is 1.34. The van der Waals surface area contributed by atoms with Crippen molar-refractivity contribution >= 4 is 29.1 Å². The van der Waals surface area contributed by atoms with Crippen molar-refractivity contribution in [3.8, 4) is 0 Å². The molecule has 1 N–H and O–H groups in total. The number of amides is 1. The second-order valence-corrected chi connectivity index (χ2v) is 4.56. The van der Waals surface area contributed by atoms with E-state index in [9.17, 15) is 4.79 Å². The van der Waals surface area contributed by atoms with Crippen molar-refractivity contribution in [2.45, 2.75) is 6.54 Å². The van der Waals surface area contributed by atoms with E-state index in [4.69, 9.17) is 23.2 Å². The average molecular weight is 280 g/mol. The van der Waals surface area contributed by atoms with Gasteiger partial charge in [0.1, 0.15) is 0 Å². The van der Waals surface area contributed by atoms with Gasteiger partial charge in [0, 0.05) is 27.7 Å². The summed E-state index contributed by atoms with van der Waals surface area (Å²) in [5.74, 6) is -0.147. The van der Waals surface area contributed by atoms with Crippen molar-refractivity contribution in [1.29, 1.82) is 0 Å². The zero-order valence-corrected chi connectivity index (χ0v) is 11.0. The first-order valence-electron chi connectivity index (χ1n) is 5.44.